The van der Waals surface area contributed by atoms with E-state index in [1.165, 1.54) is 6.07 Å². The molecule has 1 aromatic rings. The summed E-state index contributed by atoms with van der Waals surface area (Å²) >= 11 is 6.07. The fraction of sp³-hybridized carbons (Fsp3) is 0.571. The number of aryl methyl sites for hydroxylation is 1. The lowest BCUT2D eigenvalue weighted by Crippen LogP contribution is -2.27. The van der Waals surface area contributed by atoms with Crippen molar-refractivity contribution in [3.8, 4) is 5.75 Å². The molecule has 0 radical (unpaired) electrons. The molecule has 0 fully saturated rings. The average molecular weight is 335 g/mol. The topological polar surface area (TPSA) is 58.6 Å². The van der Waals surface area contributed by atoms with Crippen LogP contribution in [0.25, 0.3) is 0 Å². The van der Waals surface area contributed by atoms with Gasteiger partial charge in [0.25, 0.3) is 0 Å². The Morgan fingerprint density at radius 2 is 2.00 bits per heavy atom. The molecule has 120 valence electrons. The number of hydrogen-bond donors (Lipinski definition) is 1. The molecule has 0 amide bonds. The number of sulfonamides is 1. The molecule has 0 aliphatic carbocycles. The number of benzene rings is 1. The van der Waals surface area contributed by atoms with Crippen molar-refractivity contribution in [2.45, 2.75) is 25.2 Å². The van der Waals surface area contributed by atoms with E-state index >= 15 is 0 Å². The minimum atomic E-state index is -3.55. The zero-order chi connectivity index (χ0) is 16.0. The van der Waals surface area contributed by atoms with Gasteiger partial charge in [0.15, 0.2) is 0 Å². The summed E-state index contributed by atoms with van der Waals surface area (Å²) in [4.78, 5) is 2.20. The molecule has 0 saturated heterocycles. The quantitative estimate of drug-likeness (QED) is 0.741. The van der Waals surface area contributed by atoms with Crippen LogP contribution in [0.3, 0.4) is 0 Å². The van der Waals surface area contributed by atoms with E-state index in [0.29, 0.717) is 29.5 Å². The number of nitrogens with zero attached hydrogens (tertiary/aromatic N) is 1. The summed E-state index contributed by atoms with van der Waals surface area (Å²) in [6, 6.07) is 3.09. The molecular weight excluding hydrogens is 312 g/mol. The van der Waals surface area contributed by atoms with Crippen molar-refractivity contribution in [3.63, 3.8) is 0 Å². The molecule has 21 heavy (non-hydrogen) atoms. The second-order valence-corrected chi connectivity index (χ2v) is 7.18. The van der Waals surface area contributed by atoms with Gasteiger partial charge in [-0.3, -0.25) is 0 Å². The van der Waals surface area contributed by atoms with Gasteiger partial charge in [-0.15, -0.1) is 0 Å². The first-order chi connectivity index (χ1) is 9.77. The van der Waals surface area contributed by atoms with Gasteiger partial charge < -0.3 is 9.64 Å². The van der Waals surface area contributed by atoms with Crippen molar-refractivity contribution in [1.82, 2.24) is 9.62 Å². The molecular formula is C14H23ClN2O3S. The Balaban J connectivity index is 2.86. The molecule has 0 aromatic heterocycles. The van der Waals surface area contributed by atoms with Gasteiger partial charge in [-0.2, -0.15) is 0 Å². The summed E-state index contributed by atoms with van der Waals surface area (Å²) in [6.07, 6.45) is 0.746. The lowest BCUT2D eigenvalue weighted by atomic mass is 10.2. The van der Waals surface area contributed by atoms with Crippen molar-refractivity contribution < 1.29 is 13.2 Å². The smallest absolute Gasteiger partial charge is 0.240 e. The molecule has 0 saturated carbocycles. The highest BCUT2D eigenvalue weighted by molar-refractivity contribution is 7.89. The van der Waals surface area contributed by atoms with Gasteiger partial charge in [-0.1, -0.05) is 11.6 Å². The van der Waals surface area contributed by atoms with Crippen LogP contribution in [-0.2, 0) is 10.0 Å². The Morgan fingerprint density at radius 3 is 2.57 bits per heavy atom. The lowest BCUT2D eigenvalue weighted by Gasteiger charge is -2.13. The Hall–Kier alpha value is -0.820. The first-order valence-corrected chi connectivity index (χ1v) is 8.71. The van der Waals surface area contributed by atoms with Gasteiger partial charge in [0.05, 0.1) is 16.5 Å². The van der Waals surface area contributed by atoms with Crippen molar-refractivity contribution >= 4 is 21.6 Å². The Bertz CT molecular complexity index is 574. The Labute approximate surface area is 132 Å². The zero-order valence-electron chi connectivity index (χ0n) is 12.9. The Morgan fingerprint density at radius 1 is 1.33 bits per heavy atom. The molecule has 1 aromatic carbocycles. The van der Waals surface area contributed by atoms with E-state index < -0.39 is 10.0 Å². The maximum atomic E-state index is 12.3. The minimum Gasteiger partial charge on any atom is -0.492 e. The van der Waals surface area contributed by atoms with E-state index in [1.807, 2.05) is 25.9 Å². The van der Waals surface area contributed by atoms with Crippen LogP contribution >= 0.6 is 11.6 Å². The first kappa shape index (κ1) is 18.2. The van der Waals surface area contributed by atoms with E-state index in [9.17, 15) is 8.42 Å². The van der Waals surface area contributed by atoms with Gasteiger partial charge >= 0.3 is 0 Å². The van der Waals surface area contributed by atoms with Crippen LogP contribution in [0.5, 0.6) is 5.75 Å². The first-order valence-electron chi connectivity index (χ1n) is 6.85. The fourth-order valence-electron chi connectivity index (χ4n) is 1.87. The van der Waals surface area contributed by atoms with Gasteiger partial charge in [-0.25, -0.2) is 13.1 Å². The van der Waals surface area contributed by atoms with Crippen LogP contribution in [-0.4, -0.2) is 47.1 Å². The van der Waals surface area contributed by atoms with Crippen LogP contribution in [0.1, 0.15) is 18.9 Å². The molecule has 1 N–H and O–H groups in total. The third-order valence-electron chi connectivity index (χ3n) is 2.89. The number of hydrogen-bond acceptors (Lipinski definition) is 4. The average Bonchev–Trinajstić information content (AvgIpc) is 2.38. The Kier molecular flexibility index (Phi) is 6.93. The van der Waals surface area contributed by atoms with E-state index in [2.05, 4.69) is 4.72 Å². The third-order valence-corrected chi connectivity index (χ3v) is 4.79. The molecule has 1 rings (SSSR count). The maximum Gasteiger partial charge on any atom is 0.240 e. The van der Waals surface area contributed by atoms with Gasteiger partial charge in [0.1, 0.15) is 5.75 Å². The summed E-state index contributed by atoms with van der Waals surface area (Å²) in [7, 11) is 0.347. The highest BCUT2D eigenvalue weighted by Crippen LogP contribution is 2.30. The van der Waals surface area contributed by atoms with Crippen molar-refractivity contribution in [2.75, 3.05) is 33.8 Å². The predicted octanol–water partition coefficient (Wildman–Crippen LogP) is 2.28. The number of halogens is 1. The van der Waals surface area contributed by atoms with Crippen LogP contribution in [0, 0.1) is 6.92 Å². The number of ether oxygens (including phenoxy) is 1. The van der Waals surface area contributed by atoms with Crippen molar-refractivity contribution in [1.29, 1.82) is 0 Å². The van der Waals surface area contributed by atoms with Crippen LogP contribution in [0.15, 0.2) is 17.0 Å². The molecule has 0 atom stereocenters. The highest BCUT2D eigenvalue weighted by atomic mass is 35.5. The lowest BCUT2D eigenvalue weighted by molar-refractivity contribution is 0.340. The van der Waals surface area contributed by atoms with Crippen LogP contribution in [0.4, 0.5) is 0 Å². The SMILES string of the molecule is CCOc1cc(C)c(S(=O)(=O)NCCCN(C)C)cc1Cl. The predicted molar refractivity (Wildman–Crippen MR) is 85.7 cm³/mol. The molecule has 0 spiro atoms. The van der Waals surface area contributed by atoms with Gasteiger partial charge in [0, 0.05) is 6.54 Å². The van der Waals surface area contributed by atoms with E-state index in [0.717, 1.165) is 13.0 Å². The summed E-state index contributed by atoms with van der Waals surface area (Å²) in [5.74, 6) is 0.503. The van der Waals surface area contributed by atoms with Crippen molar-refractivity contribution in [3.05, 3.63) is 22.7 Å². The molecule has 0 unspecified atom stereocenters. The second kappa shape index (κ2) is 7.98. The standard InChI is InChI=1S/C14H23ClN2O3S/c1-5-20-13-9-11(2)14(10-12(13)15)21(18,19)16-7-6-8-17(3)4/h9-10,16H,5-8H2,1-4H3. The number of rotatable bonds is 8. The monoisotopic (exact) mass is 334 g/mol. The molecule has 0 aliphatic rings. The van der Waals surface area contributed by atoms with Gasteiger partial charge in [-0.05, 0) is 58.6 Å². The molecule has 0 aliphatic heterocycles. The zero-order valence-corrected chi connectivity index (χ0v) is 14.5. The van der Waals surface area contributed by atoms with Crippen LogP contribution < -0.4 is 9.46 Å². The van der Waals surface area contributed by atoms with Gasteiger partial charge in [0.2, 0.25) is 10.0 Å². The largest absolute Gasteiger partial charge is 0.492 e. The molecule has 0 heterocycles. The van der Waals surface area contributed by atoms with E-state index in [4.69, 9.17) is 16.3 Å². The highest BCUT2D eigenvalue weighted by Gasteiger charge is 2.19. The summed E-state index contributed by atoms with van der Waals surface area (Å²) in [6.45, 7) is 5.28. The van der Waals surface area contributed by atoms with Crippen LogP contribution in [0.2, 0.25) is 5.02 Å². The third kappa shape index (κ3) is 5.47. The normalized spacial score (nSPS) is 11.9. The second-order valence-electron chi connectivity index (χ2n) is 5.04. The minimum absolute atomic E-state index is 0.195. The maximum absolute atomic E-state index is 12.3. The molecule has 7 heteroatoms. The molecule has 5 nitrogen and oxygen atoms in total. The van der Waals surface area contributed by atoms with Crippen molar-refractivity contribution in [2.24, 2.45) is 0 Å². The van der Waals surface area contributed by atoms with E-state index in [1.54, 1.807) is 13.0 Å². The summed E-state index contributed by atoms with van der Waals surface area (Å²) < 4.78 is 32.5. The summed E-state index contributed by atoms with van der Waals surface area (Å²) in [5.41, 5.74) is 0.614. The fourth-order valence-corrected chi connectivity index (χ4v) is 3.48. The summed E-state index contributed by atoms with van der Waals surface area (Å²) in [5, 5.41) is 0.302. The van der Waals surface area contributed by atoms with E-state index in [-0.39, 0.29) is 4.90 Å². The number of nitrogens with one attached hydrogen (secondary N) is 1. The molecule has 0 bridgehead atoms.